The number of amides is 2. The second-order valence-corrected chi connectivity index (χ2v) is 6.18. The van der Waals surface area contributed by atoms with E-state index < -0.39 is 22.7 Å². The lowest BCUT2D eigenvalue weighted by molar-refractivity contribution is -0.204. The number of hydrogen-bond acceptors (Lipinski definition) is 6. The molecule has 7 heteroatoms. The summed E-state index contributed by atoms with van der Waals surface area (Å²) in [7, 11) is 1.34. The van der Waals surface area contributed by atoms with Gasteiger partial charge < -0.3 is 9.57 Å². The van der Waals surface area contributed by atoms with Gasteiger partial charge in [-0.05, 0) is 38.5 Å². The van der Waals surface area contributed by atoms with Gasteiger partial charge in [-0.2, -0.15) is 0 Å². The summed E-state index contributed by atoms with van der Waals surface area (Å²) >= 11 is 0. The van der Waals surface area contributed by atoms with Gasteiger partial charge in [0.1, 0.15) is 0 Å². The van der Waals surface area contributed by atoms with Gasteiger partial charge in [0.25, 0.3) is 12.3 Å². The summed E-state index contributed by atoms with van der Waals surface area (Å²) in [5.41, 5.74) is -1.41. The Hall–Kier alpha value is -1.92. The second-order valence-electron chi connectivity index (χ2n) is 6.18. The third-order valence-corrected chi connectivity index (χ3v) is 4.88. The molecule has 0 aliphatic heterocycles. The first kappa shape index (κ1) is 16.5. The minimum Gasteiger partial charge on any atom is -0.469 e. The van der Waals surface area contributed by atoms with Crippen LogP contribution in [-0.2, 0) is 28.8 Å². The number of fused-ring (bicyclic) bond motifs is 2. The number of rotatable bonds is 5. The fraction of sp³-hybridized carbons (Fsp3) is 0.733. The summed E-state index contributed by atoms with van der Waals surface area (Å²) in [4.78, 5) is 52.0. The first-order valence-corrected chi connectivity index (χ1v) is 7.51. The Balaban J connectivity index is 2.06. The van der Waals surface area contributed by atoms with Crippen LogP contribution in [0.4, 0.5) is 0 Å². The Morgan fingerprint density at radius 3 is 2.09 bits per heavy atom. The van der Waals surface area contributed by atoms with E-state index in [2.05, 4.69) is 0 Å². The number of imide groups is 1. The van der Waals surface area contributed by atoms with Crippen molar-refractivity contribution in [2.45, 2.75) is 51.9 Å². The fourth-order valence-corrected chi connectivity index (χ4v) is 3.62. The van der Waals surface area contributed by atoms with Crippen LogP contribution in [0.3, 0.4) is 0 Å². The molecule has 0 unspecified atom stereocenters. The lowest BCUT2D eigenvalue weighted by Crippen LogP contribution is -2.38. The van der Waals surface area contributed by atoms with Crippen LogP contribution in [0.25, 0.3) is 0 Å². The zero-order valence-corrected chi connectivity index (χ0v) is 12.9. The molecule has 122 valence electrons. The van der Waals surface area contributed by atoms with E-state index in [4.69, 9.17) is 9.57 Å². The third kappa shape index (κ3) is 2.60. The number of esters is 1. The minimum absolute atomic E-state index is 0.130. The molecule has 0 heterocycles. The highest BCUT2D eigenvalue weighted by molar-refractivity contribution is 5.89. The molecule has 0 spiro atoms. The quantitative estimate of drug-likeness (QED) is 0.432. The summed E-state index contributed by atoms with van der Waals surface area (Å²) in [6.45, 7) is 1.79. The highest BCUT2D eigenvalue weighted by Gasteiger charge is 2.63. The van der Waals surface area contributed by atoms with Gasteiger partial charge in [0.05, 0.1) is 17.9 Å². The summed E-state index contributed by atoms with van der Waals surface area (Å²) in [6, 6.07) is 0. The van der Waals surface area contributed by atoms with Gasteiger partial charge in [-0.15, -0.1) is 5.06 Å². The molecule has 0 atom stereocenters. The highest BCUT2D eigenvalue weighted by atomic mass is 16.7. The van der Waals surface area contributed by atoms with E-state index in [1.807, 2.05) is 0 Å². The van der Waals surface area contributed by atoms with Crippen molar-refractivity contribution in [3.8, 4) is 0 Å². The van der Waals surface area contributed by atoms with Crippen LogP contribution in [0.1, 0.15) is 51.9 Å². The Morgan fingerprint density at radius 1 is 1.09 bits per heavy atom. The van der Waals surface area contributed by atoms with E-state index in [0.717, 1.165) is 0 Å². The van der Waals surface area contributed by atoms with Crippen LogP contribution in [0.15, 0.2) is 0 Å². The molecule has 2 bridgehead atoms. The maximum Gasteiger partial charge on any atom is 0.339 e. The van der Waals surface area contributed by atoms with Crippen molar-refractivity contribution >= 4 is 24.3 Å². The number of ether oxygens (including phenoxy) is 1. The van der Waals surface area contributed by atoms with E-state index in [0.29, 0.717) is 43.6 Å². The Kier molecular flexibility index (Phi) is 4.53. The van der Waals surface area contributed by atoms with Crippen LogP contribution in [-0.4, -0.2) is 36.4 Å². The maximum atomic E-state index is 12.4. The Bertz CT molecular complexity index is 492. The fourth-order valence-electron chi connectivity index (χ4n) is 3.62. The number of hydroxylamine groups is 2. The molecule has 0 aromatic heterocycles. The largest absolute Gasteiger partial charge is 0.469 e. The lowest BCUT2D eigenvalue weighted by atomic mass is 9.82. The summed E-state index contributed by atoms with van der Waals surface area (Å²) in [5, 5.41) is 0.469. The van der Waals surface area contributed by atoms with Crippen LogP contribution in [0, 0.1) is 10.8 Å². The average molecular weight is 311 g/mol. The van der Waals surface area contributed by atoms with Crippen molar-refractivity contribution in [2.75, 3.05) is 7.11 Å². The molecular formula is C15H21NO6. The van der Waals surface area contributed by atoms with Crippen molar-refractivity contribution in [1.82, 2.24) is 5.06 Å². The van der Waals surface area contributed by atoms with Gasteiger partial charge >= 0.3 is 11.9 Å². The molecular weight excluding hydrogens is 290 g/mol. The van der Waals surface area contributed by atoms with Crippen molar-refractivity contribution in [3.63, 3.8) is 0 Å². The first-order valence-electron chi connectivity index (χ1n) is 7.51. The van der Waals surface area contributed by atoms with Gasteiger partial charge in [-0.1, -0.05) is 6.92 Å². The summed E-state index contributed by atoms with van der Waals surface area (Å²) < 4.78 is 4.84. The molecule has 0 N–H and O–H groups in total. The molecule has 2 aliphatic rings. The minimum atomic E-state index is -0.790. The van der Waals surface area contributed by atoms with Crippen LogP contribution in [0.2, 0.25) is 0 Å². The molecule has 2 rings (SSSR count). The van der Waals surface area contributed by atoms with Crippen molar-refractivity contribution in [1.29, 1.82) is 0 Å². The topological polar surface area (TPSA) is 90.0 Å². The zero-order valence-electron chi connectivity index (χ0n) is 12.9. The molecule has 2 saturated carbocycles. The highest BCUT2D eigenvalue weighted by Crippen LogP contribution is 2.62. The van der Waals surface area contributed by atoms with E-state index in [-0.39, 0.29) is 18.8 Å². The van der Waals surface area contributed by atoms with E-state index in [1.54, 1.807) is 6.92 Å². The van der Waals surface area contributed by atoms with Crippen LogP contribution in [0.5, 0.6) is 0 Å². The summed E-state index contributed by atoms with van der Waals surface area (Å²) in [5.74, 6) is -1.45. The molecule has 0 aromatic carbocycles. The normalized spacial score (nSPS) is 29.0. The van der Waals surface area contributed by atoms with Gasteiger partial charge in [-0.3, -0.25) is 14.4 Å². The van der Waals surface area contributed by atoms with Crippen molar-refractivity contribution in [3.05, 3.63) is 0 Å². The molecule has 7 nitrogen and oxygen atoms in total. The molecule has 0 radical (unpaired) electrons. The zero-order chi connectivity index (χ0) is 16.4. The number of carbonyl (C=O) groups is 4. The molecule has 22 heavy (non-hydrogen) atoms. The third-order valence-electron chi connectivity index (χ3n) is 4.88. The van der Waals surface area contributed by atoms with Crippen molar-refractivity contribution in [2.24, 2.45) is 10.8 Å². The lowest BCUT2D eigenvalue weighted by Gasteiger charge is -2.26. The standard InChI is InChI=1S/C15H21NO6/c1-3-4-11(18)16(10-17)22-13(20)15-7-5-14(9-15,6-8-15)12(19)21-2/h10H,3-9H2,1-2H3. The van der Waals surface area contributed by atoms with E-state index in [1.165, 1.54) is 7.11 Å². The average Bonchev–Trinajstić information content (AvgIpc) is 3.10. The molecule has 2 aliphatic carbocycles. The number of methoxy groups -OCH3 is 1. The number of hydrogen-bond donors (Lipinski definition) is 0. The molecule has 0 saturated heterocycles. The SMILES string of the molecule is CCCC(=O)N(C=O)OC(=O)C12CCC(C(=O)OC)(CC1)C2. The van der Waals surface area contributed by atoms with Gasteiger partial charge in [0.15, 0.2) is 0 Å². The van der Waals surface area contributed by atoms with E-state index in [9.17, 15) is 19.2 Å². The molecule has 2 fully saturated rings. The molecule has 2 amide bonds. The van der Waals surface area contributed by atoms with Crippen molar-refractivity contribution < 1.29 is 28.8 Å². The second kappa shape index (κ2) is 6.06. The van der Waals surface area contributed by atoms with Crippen LogP contribution >= 0.6 is 0 Å². The predicted molar refractivity (Wildman–Crippen MR) is 73.9 cm³/mol. The van der Waals surface area contributed by atoms with Gasteiger partial charge in [0.2, 0.25) is 0 Å². The Morgan fingerprint density at radius 2 is 1.64 bits per heavy atom. The maximum absolute atomic E-state index is 12.4. The number of nitrogens with zero attached hydrogens (tertiary/aromatic N) is 1. The first-order chi connectivity index (χ1) is 10.4. The Labute approximate surface area is 128 Å². The van der Waals surface area contributed by atoms with Gasteiger partial charge in [-0.25, -0.2) is 4.79 Å². The molecule has 0 aromatic rings. The summed E-state index contributed by atoms with van der Waals surface area (Å²) in [6.07, 6.45) is 3.41. The van der Waals surface area contributed by atoms with Gasteiger partial charge in [0, 0.05) is 6.42 Å². The monoisotopic (exact) mass is 311 g/mol. The van der Waals surface area contributed by atoms with Crippen LogP contribution < -0.4 is 0 Å². The number of carbonyl (C=O) groups excluding carboxylic acids is 4. The predicted octanol–water partition coefficient (Wildman–Crippen LogP) is 1.35. The smallest absolute Gasteiger partial charge is 0.339 e. The van der Waals surface area contributed by atoms with E-state index >= 15 is 0 Å².